The molecule has 0 aliphatic heterocycles. The molecule has 7 nitrogen and oxygen atoms in total. The van der Waals surface area contributed by atoms with Crippen molar-refractivity contribution in [3.63, 3.8) is 0 Å². The van der Waals surface area contributed by atoms with Gasteiger partial charge in [0.15, 0.2) is 6.61 Å². The number of carbonyl (C=O) groups excluding carboxylic acids is 3. The van der Waals surface area contributed by atoms with Crippen molar-refractivity contribution in [2.75, 3.05) is 26.8 Å². The second-order valence-electron chi connectivity index (χ2n) is 6.10. The Bertz CT molecular complexity index is 856. The molecule has 2 N–H and O–H groups in total. The fourth-order valence-corrected chi connectivity index (χ4v) is 2.73. The van der Waals surface area contributed by atoms with E-state index in [0.717, 1.165) is 5.56 Å². The Balaban J connectivity index is 1.61. The Kier molecular flexibility index (Phi) is 8.98. The van der Waals surface area contributed by atoms with E-state index in [-0.39, 0.29) is 25.5 Å². The van der Waals surface area contributed by atoms with Crippen LogP contribution in [0.15, 0.2) is 48.5 Å². The Labute approximate surface area is 174 Å². The third-order valence-electron chi connectivity index (χ3n) is 3.96. The van der Waals surface area contributed by atoms with Crippen LogP contribution in [0.3, 0.4) is 0 Å². The summed E-state index contributed by atoms with van der Waals surface area (Å²) >= 11 is 5.90. The largest absolute Gasteiger partial charge is 0.496 e. The van der Waals surface area contributed by atoms with Gasteiger partial charge in [-0.25, -0.2) is 0 Å². The summed E-state index contributed by atoms with van der Waals surface area (Å²) in [7, 11) is 1.48. The molecule has 8 heteroatoms. The van der Waals surface area contributed by atoms with Crippen molar-refractivity contribution in [1.82, 2.24) is 10.6 Å². The first kappa shape index (κ1) is 22.2. The number of rotatable bonds is 10. The molecule has 0 unspecified atom stereocenters. The standard InChI is InChI=1S/C21H23ClN2O5/c1-28-18-8-3-2-7-17(18)21(27)24-12-10-20(26)29-14-19(25)23-11-9-15-5-4-6-16(22)13-15/h2-8,13H,9-12,14H2,1H3,(H,23,25)(H,24,27). The second-order valence-corrected chi connectivity index (χ2v) is 6.53. The molecule has 0 fully saturated rings. The molecule has 0 aromatic heterocycles. The molecule has 154 valence electrons. The van der Waals surface area contributed by atoms with Gasteiger partial charge >= 0.3 is 5.97 Å². The van der Waals surface area contributed by atoms with E-state index in [1.165, 1.54) is 7.11 Å². The quantitative estimate of drug-likeness (QED) is 0.578. The number of methoxy groups -OCH3 is 1. The maximum atomic E-state index is 12.1. The molecule has 0 aliphatic rings. The summed E-state index contributed by atoms with van der Waals surface area (Å²) in [5.74, 6) is -0.871. The minimum atomic E-state index is -0.574. The van der Waals surface area contributed by atoms with Gasteiger partial charge in [-0.15, -0.1) is 0 Å². The van der Waals surface area contributed by atoms with Gasteiger partial charge in [-0.1, -0.05) is 35.9 Å². The lowest BCUT2D eigenvalue weighted by Crippen LogP contribution is -2.31. The molecule has 0 bridgehead atoms. The van der Waals surface area contributed by atoms with Gasteiger partial charge in [0.2, 0.25) is 0 Å². The minimum absolute atomic E-state index is 0.0450. The molecule has 29 heavy (non-hydrogen) atoms. The summed E-state index contributed by atoms with van der Waals surface area (Å²) in [6.45, 7) is 0.132. The average molecular weight is 419 g/mol. The van der Waals surface area contributed by atoms with Crippen molar-refractivity contribution in [3.8, 4) is 5.75 Å². The number of amides is 2. The van der Waals surface area contributed by atoms with Crippen molar-refractivity contribution in [1.29, 1.82) is 0 Å². The van der Waals surface area contributed by atoms with Crippen LogP contribution < -0.4 is 15.4 Å². The molecule has 0 spiro atoms. The van der Waals surface area contributed by atoms with Gasteiger partial charge in [-0.3, -0.25) is 14.4 Å². The highest BCUT2D eigenvalue weighted by Gasteiger charge is 2.12. The lowest BCUT2D eigenvalue weighted by atomic mass is 10.1. The molecule has 2 aromatic rings. The molecule has 2 aromatic carbocycles. The zero-order chi connectivity index (χ0) is 21.1. The molecule has 0 radical (unpaired) electrons. The zero-order valence-corrected chi connectivity index (χ0v) is 16.8. The highest BCUT2D eigenvalue weighted by Crippen LogP contribution is 2.16. The van der Waals surface area contributed by atoms with E-state index in [0.29, 0.717) is 29.3 Å². The van der Waals surface area contributed by atoms with Gasteiger partial charge in [0.05, 0.1) is 19.1 Å². The Morgan fingerprint density at radius 1 is 1.00 bits per heavy atom. The van der Waals surface area contributed by atoms with E-state index in [2.05, 4.69) is 10.6 Å². The Morgan fingerprint density at radius 3 is 2.55 bits per heavy atom. The summed E-state index contributed by atoms with van der Waals surface area (Å²) < 4.78 is 10.0. The van der Waals surface area contributed by atoms with Gasteiger partial charge in [-0.05, 0) is 36.2 Å². The molecule has 0 aliphatic carbocycles. The molecule has 0 atom stereocenters. The summed E-state index contributed by atoms with van der Waals surface area (Å²) in [4.78, 5) is 35.6. The molecular weight excluding hydrogens is 396 g/mol. The van der Waals surface area contributed by atoms with Crippen molar-refractivity contribution in [2.24, 2.45) is 0 Å². The fraction of sp³-hybridized carbons (Fsp3) is 0.286. The first-order chi connectivity index (χ1) is 14.0. The predicted molar refractivity (Wildman–Crippen MR) is 109 cm³/mol. The fourth-order valence-electron chi connectivity index (χ4n) is 2.51. The van der Waals surface area contributed by atoms with Gasteiger partial charge in [0, 0.05) is 18.1 Å². The van der Waals surface area contributed by atoms with E-state index in [4.69, 9.17) is 21.1 Å². The SMILES string of the molecule is COc1ccccc1C(=O)NCCC(=O)OCC(=O)NCCc1cccc(Cl)c1. The zero-order valence-electron chi connectivity index (χ0n) is 16.1. The van der Waals surface area contributed by atoms with Crippen LogP contribution in [-0.2, 0) is 20.7 Å². The lowest BCUT2D eigenvalue weighted by Gasteiger charge is -2.09. The summed E-state index contributed by atoms with van der Waals surface area (Å²) in [5, 5.41) is 5.93. The maximum Gasteiger partial charge on any atom is 0.308 e. The van der Waals surface area contributed by atoms with Crippen LogP contribution in [0.25, 0.3) is 0 Å². The molecular formula is C21H23ClN2O5. The van der Waals surface area contributed by atoms with E-state index in [1.54, 1.807) is 30.3 Å². The van der Waals surface area contributed by atoms with Crippen molar-refractivity contribution < 1.29 is 23.9 Å². The number of hydrogen-bond acceptors (Lipinski definition) is 5. The first-order valence-electron chi connectivity index (χ1n) is 9.07. The van der Waals surface area contributed by atoms with Crippen LogP contribution in [0.4, 0.5) is 0 Å². The highest BCUT2D eigenvalue weighted by atomic mass is 35.5. The van der Waals surface area contributed by atoms with Crippen molar-refractivity contribution in [3.05, 3.63) is 64.7 Å². The molecule has 2 amide bonds. The second kappa shape index (κ2) is 11.7. The third-order valence-corrected chi connectivity index (χ3v) is 4.19. The molecule has 0 heterocycles. The van der Waals surface area contributed by atoms with Crippen molar-refractivity contribution in [2.45, 2.75) is 12.8 Å². The molecule has 2 rings (SSSR count). The normalized spacial score (nSPS) is 10.1. The van der Waals surface area contributed by atoms with Gasteiger partial charge < -0.3 is 20.1 Å². The smallest absolute Gasteiger partial charge is 0.308 e. The highest BCUT2D eigenvalue weighted by molar-refractivity contribution is 6.30. The third kappa shape index (κ3) is 7.83. The number of halogens is 1. The number of nitrogens with one attached hydrogen (secondary N) is 2. The topological polar surface area (TPSA) is 93.7 Å². The summed E-state index contributed by atoms with van der Waals surface area (Å²) in [5.41, 5.74) is 1.38. The van der Waals surface area contributed by atoms with E-state index >= 15 is 0 Å². The minimum Gasteiger partial charge on any atom is -0.496 e. The van der Waals surface area contributed by atoms with Crippen LogP contribution >= 0.6 is 11.6 Å². The van der Waals surface area contributed by atoms with Gasteiger partial charge in [-0.2, -0.15) is 0 Å². The number of benzene rings is 2. The van der Waals surface area contributed by atoms with E-state index in [9.17, 15) is 14.4 Å². The number of esters is 1. The van der Waals surface area contributed by atoms with Gasteiger partial charge in [0.1, 0.15) is 5.75 Å². The van der Waals surface area contributed by atoms with Crippen LogP contribution in [0.5, 0.6) is 5.75 Å². The van der Waals surface area contributed by atoms with E-state index in [1.807, 2.05) is 18.2 Å². The first-order valence-corrected chi connectivity index (χ1v) is 9.45. The summed E-state index contributed by atoms with van der Waals surface area (Å²) in [6, 6.07) is 14.1. The van der Waals surface area contributed by atoms with Gasteiger partial charge in [0.25, 0.3) is 11.8 Å². The Hall–Kier alpha value is -3.06. The number of carbonyl (C=O) groups is 3. The number of hydrogen-bond donors (Lipinski definition) is 2. The monoisotopic (exact) mass is 418 g/mol. The van der Waals surface area contributed by atoms with Crippen LogP contribution in [-0.4, -0.2) is 44.6 Å². The van der Waals surface area contributed by atoms with E-state index < -0.39 is 11.9 Å². The summed E-state index contributed by atoms with van der Waals surface area (Å²) in [6.07, 6.45) is 0.575. The van der Waals surface area contributed by atoms with Crippen LogP contribution in [0.1, 0.15) is 22.3 Å². The molecule has 0 saturated heterocycles. The molecule has 0 saturated carbocycles. The lowest BCUT2D eigenvalue weighted by molar-refractivity contribution is -0.148. The predicted octanol–water partition coefficient (Wildman–Crippen LogP) is 2.37. The van der Waals surface area contributed by atoms with Crippen LogP contribution in [0.2, 0.25) is 5.02 Å². The van der Waals surface area contributed by atoms with Crippen molar-refractivity contribution >= 4 is 29.4 Å². The Morgan fingerprint density at radius 2 is 1.79 bits per heavy atom. The van der Waals surface area contributed by atoms with Crippen LogP contribution in [0, 0.1) is 0 Å². The maximum absolute atomic E-state index is 12.1. The number of ether oxygens (including phenoxy) is 2. The average Bonchev–Trinajstić information content (AvgIpc) is 2.72. The number of para-hydroxylation sites is 1.